The number of hydrogen-bond donors (Lipinski definition) is 1. The molecule has 0 unspecified atom stereocenters. The Morgan fingerprint density at radius 2 is 1.85 bits per heavy atom. The van der Waals surface area contributed by atoms with Crippen LogP contribution in [0.25, 0.3) is 33.0 Å². The maximum Gasteiger partial charge on any atom is 0.259 e. The fourth-order valence-electron chi connectivity index (χ4n) is 4.96. The summed E-state index contributed by atoms with van der Waals surface area (Å²) in [5.41, 5.74) is 4.40. The zero-order valence-corrected chi connectivity index (χ0v) is 17.9. The van der Waals surface area contributed by atoms with Crippen LogP contribution in [-0.2, 0) is 27.3 Å². The minimum Gasteiger partial charge on any atom is -0.464 e. The molecule has 0 atom stereocenters. The highest BCUT2D eigenvalue weighted by Gasteiger charge is 2.35. The van der Waals surface area contributed by atoms with Gasteiger partial charge in [0.2, 0.25) is 5.91 Å². The van der Waals surface area contributed by atoms with Gasteiger partial charge in [0, 0.05) is 67.0 Å². The third-order valence-electron chi connectivity index (χ3n) is 6.52. The van der Waals surface area contributed by atoms with Crippen LogP contribution in [-0.4, -0.2) is 45.3 Å². The van der Waals surface area contributed by atoms with Crippen molar-refractivity contribution in [1.29, 1.82) is 0 Å². The third-order valence-corrected chi connectivity index (χ3v) is 6.52. The number of benzene rings is 1. The molecule has 1 N–H and O–H groups in total. The predicted octanol–water partition coefficient (Wildman–Crippen LogP) is 2.75. The van der Waals surface area contributed by atoms with Crippen LogP contribution in [0.15, 0.2) is 53.5 Å². The van der Waals surface area contributed by atoms with Gasteiger partial charge in [0.1, 0.15) is 5.58 Å². The predicted molar refractivity (Wildman–Crippen MR) is 122 cm³/mol. The molecule has 0 spiro atoms. The Labute approximate surface area is 188 Å². The Hall–Kier alpha value is -4.20. The van der Waals surface area contributed by atoms with Crippen LogP contribution in [0.1, 0.15) is 23.6 Å². The Kier molecular flexibility index (Phi) is 4.23. The van der Waals surface area contributed by atoms with Crippen molar-refractivity contribution >= 4 is 50.7 Å². The summed E-state index contributed by atoms with van der Waals surface area (Å²) in [6, 6.07) is 7.75. The van der Waals surface area contributed by atoms with E-state index in [0.717, 1.165) is 21.9 Å². The molecular formula is C25H20N4O4. The Morgan fingerprint density at radius 1 is 1.03 bits per heavy atom. The summed E-state index contributed by atoms with van der Waals surface area (Å²) in [4.78, 5) is 44.1. The van der Waals surface area contributed by atoms with E-state index in [9.17, 15) is 14.4 Å². The molecule has 4 aromatic rings. The monoisotopic (exact) mass is 440 g/mol. The molecular weight excluding hydrogens is 420 g/mol. The van der Waals surface area contributed by atoms with E-state index in [2.05, 4.69) is 20.9 Å². The third kappa shape index (κ3) is 2.91. The maximum absolute atomic E-state index is 13.1. The summed E-state index contributed by atoms with van der Waals surface area (Å²) >= 11 is 0. The first kappa shape index (κ1) is 19.5. The number of nitrogens with one attached hydrogen (secondary N) is 1. The van der Waals surface area contributed by atoms with Gasteiger partial charge in [-0.1, -0.05) is 18.2 Å². The van der Waals surface area contributed by atoms with Crippen LogP contribution < -0.4 is 5.32 Å². The van der Waals surface area contributed by atoms with Crippen molar-refractivity contribution in [3.63, 3.8) is 0 Å². The van der Waals surface area contributed by atoms with Crippen molar-refractivity contribution in [3.8, 4) is 0 Å². The van der Waals surface area contributed by atoms with E-state index < -0.39 is 11.8 Å². The standard InChI is InChI=1S/C25H20N4O4/c1-14(30)28-7-5-15-3-2-4-17-19(13-29(9-8-28)22(15)17)21-20(24(31)27-25(21)32)18-12-26-11-16-6-10-33-23(16)18/h2-4,6,10-13H,5,7-9H2,1H3,(H,27,31,32). The highest BCUT2D eigenvalue weighted by atomic mass is 16.3. The minimum absolute atomic E-state index is 0.0443. The number of rotatable bonds is 2. The van der Waals surface area contributed by atoms with Gasteiger partial charge in [0.15, 0.2) is 0 Å². The van der Waals surface area contributed by atoms with Gasteiger partial charge >= 0.3 is 0 Å². The highest BCUT2D eigenvalue weighted by Crippen LogP contribution is 2.39. The lowest BCUT2D eigenvalue weighted by Gasteiger charge is -2.24. The number of amides is 3. The van der Waals surface area contributed by atoms with Gasteiger partial charge < -0.3 is 13.9 Å². The first-order valence-corrected chi connectivity index (χ1v) is 10.8. The summed E-state index contributed by atoms with van der Waals surface area (Å²) in [5.74, 6) is -0.865. The second-order valence-electron chi connectivity index (χ2n) is 8.36. The zero-order chi connectivity index (χ0) is 22.7. The number of pyridine rings is 1. The van der Waals surface area contributed by atoms with E-state index in [1.807, 2.05) is 23.2 Å². The zero-order valence-electron chi connectivity index (χ0n) is 17.9. The first-order chi connectivity index (χ1) is 16.0. The number of carbonyl (C=O) groups excluding carboxylic acids is 3. The van der Waals surface area contributed by atoms with Gasteiger partial charge in [0.05, 0.1) is 22.9 Å². The van der Waals surface area contributed by atoms with E-state index in [4.69, 9.17) is 4.42 Å². The van der Waals surface area contributed by atoms with Gasteiger partial charge in [-0.15, -0.1) is 0 Å². The second-order valence-corrected chi connectivity index (χ2v) is 8.36. The molecule has 6 rings (SSSR count). The van der Waals surface area contributed by atoms with Crippen LogP contribution in [0.5, 0.6) is 0 Å². The number of carbonyl (C=O) groups is 3. The smallest absolute Gasteiger partial charge is 0.259 e. The van der Waals surface area contributed by atoms with Crippen molar-refractivity contribution in [3.05, 3.63) is 65.8 Å². The molecule has 0 aliphatic carbocycles. The van der Waals surface area contributed by atoms with E-state index in [1.165, 1.54) is 0 Å². The quantitative estimate of drug-likeness (QED) is 0.484. The lowest BCUT2D eigenvalue weighted by molar-refractivity contribution is -0.129. The molecule has 0 saturated heterocycles. The molecule has 0 fully saturated rings. The van der Waals surface area contributed by atoms with Crippen molar-refractivity contribution in [1.82, 2.24) is 19.8 Å². The number of imide groups is 1. The average molecular weight is 440 g/mol. The molecule has 0 saturated carbocycles. The van der Waals surface area contributed by atoms with E-state index in [-0.39, 0.29) is 11.5 Å². The summed E-state index contributed by atoms with van der Waals surface area (Å²) in [5, 5.41) is 4.12. The molecule has 1 aromatic carbocycles. The van der Waals surface area contributed by atoms with Crippen LogP contribution in [0, 0.1) is 0 Å². The normalized spacial score (nSPS) is 16.5. The first-order valence-electron chi connectivity index (χ1n) is 10.8. The molecule has 8 nitrogen and oxygen atoms in total. The highest BCUT2D eigenvalue weighted by molar-refractivity contribution is 6.50. The summed E-state index contributed by atoms with van der Waals surface area (Å²) in [6.45, 7) is 3.41. The minimum atomic E-state index is -0.468. The number of hydrogen-bond acceptors (Lipinski definition) is 5. The molecule has 8 heteroatoms. The van der Waals surface area contributed by atoms with Crippen LogP contribution in [0.3, 0.4) is 0 Å². The van der Waals surface area contributed by atoms with E-state index in [0.29, 0.717) is 48.3 Å². The van der Waals surface area contributed by atoms with Gasteiger partial charge in [-0.3, -0.25) is 24.7 Å². The second kappa shape index (κ2) is 7.16. The van der Waals surface area contributed by atoms with Gasteiger partial charge in [-0.05, 0) is 18.1 Å². The summed E-state index contributed by atoms with van der Waals surface area (Å²) in [7, 11) is 0. The molecule has 3 aromatic heterocycles. The van der Waals surface area contributed by atoms with Crippen molar-refractivity contribution in [2.24, 2.45) is 0 Å². The SMILES string of the molecule is CC(=O)N1CCc2cccc3c(C4=C(c5cncc6ccoc56)C(=O)NC4=O)cn(c23)CC1. The number of furan rings is 1. The molecule has 0 bridgehead atoms. The molecule has 2 aliphatic heterocycles. The van der Waals surface area contributed by atoms with Crippen LogP contribution >= 0.6 is 0 Å². The topological polar surface area (TPSA) is 97.4 Å². The summed E-state index contributed by atoms with van der Waals surface area (Å²) < 4.78 is 7.72. The van der Waals surface area contributed by atoms with Crippen molar-refractivity contribution in [2.45, 2.75) is 19.9 Å². The largest absolute Gasteiger partial charge is 0.464 e. The lowest BCUT2D eigenvalue weighted by Crippen LogP contribution is -2.34. The molecule has 2 aliphatic rings. The fourth-order valence-corrected chi connectivity index (χ4v) is 4.96. The fraction of sp³-hybridized carbons (Fsp3) is 0.200. The number of fused-ring (bicyclic) bond motifs is 1. The van der Waals surface area contributed by atoms with Crippen LogP contribution in [0.2, 0.25) is 0 Å². The molecule has 0 radical (unpaired) electrons. The average Bonchev–Trinajstić information content (AvgIpc) is 3.47. The van der Waals surface area contributed by atoms with Crippen molar-refractivity contribution in [2.75, 3.05) is 13.1 Å². The molecule has 33 heavy (non-hydrogen) atoms. The number of nitrogens with zero attached hydrogens (tertiary/aromatic N) is 3. The molecule has 5 heterocycles. The molecule has 3 amide bonds. The van der Waals surface area contributed by atoms with E-state index >= 15 is 0 Å². The summed E-state index contributed by atoms with van der Waals surface area (Å²) in [6.07, 6.45) is 7.39. The lowest BCUT2D eigenvalue weighted by atomic mass is 9.95. The number of para-hydroxylation sites is 1. The van der Waals surface area contributed by atoms with Gasteiger partial charge in [0.25, 0.3) is 11.8 Å². The van der Waals surface area contributed by atoms with Crippen LogP contribution in [0.4, 0.5) is 0 Å². The Balaban J connectivity index is 1.60. The van der Waals surface area contributed by atoms with Gasteiger partial charge in [-0.25, -0.2) is 0 Å². The Morgan fingerprint density at radius 3 is 2.67 bits per heavy atom. The Bertz CT molecular complexity index is 1520. The van der Waals surface area contributed by atoms with Crippen molar-refractivity contribution < 1.29 is 18.8 Å². The maximum atomic E-state index is 13.1. The molecule has 164 valence electrons. The number of aromatic nitrogens is 2. The van der Waals surface area contributed by atoms with E-state index in [1.54, 1.807) is 31.6 Å². The van der Waals surface area contributed by atoms with Gasteiger partial charge in [-0.2, -0.15) is 0 Å².